The molecule has 1 saturated carbocycles. The summed E-state index contributed by atoms with van der Waals surface area (Å²) in [6, 6.07) is 6.93. The van der Waals surface area contributed by atoms with Gasteiger partial charge in [-0.25, -0.2) is 0 Å². The van der Waals surface area contributed by atoms with E-state index in [2.05, 4.69) is 30.0 Å². The zero-order chi connectivity index (χ0) is 12.4. The van der Waals surface area contributed by atoms with Crippen molar-refractivity contribution in [2.45, 2.75) is 55.3 Å². The van der Waals surface area contributed by atoms with Gasteiger partial charge in [0.15, 0.2) is 0 Å². The van der Waals surface area contributed by atoms with Gasteiger partial charge in [0, 0.05) is 16.9 Å². The van der Waals surface area contributed by atoms with Gasteiger partial charge in [-0.15, -0.1) is 11.8 Å². The van der Waals surface area contributed by atoms with Crippen LogP contribution in [0.15, 0.2) is 23.1 Å². The average Bonchev–Trinajstić information content (AvgIpc) is 2.47. The summed E-state index contributed by atoms with van der Waals surface area (Å²) >= 11 is 2.07. The second-order valence-corrected chi connectivity index (χ2v) is 6.90. The molecule has 0 unspecified atom stereocenters. The summed E-state index contributed by atoms with van der Waals surface area (Å²) in [5, 5.41) is 0. The first-order valence-electron chi connectivity index (χ1n) is 7.31. The van der Waals surface area contributed by atoms with E-state index >= 15 is 0 Å². The average molecular weight is 261 g/mol. The van der Waals surface area contributed by atoms with Gasteiger partial charge in [0.1, 0.15) is 0 Å². The molecule has 2 aliphatic rings. The Kier molecular flexibility index (Phi) is 3.67. The first kappa shape index (κ1) is 12.6. The summed E-state index contributed by atoms with van der Waals surface area (Å²) in [6.45, 7) is 0.823. The molecule has 1 fully saturated rings. The fraction of sp³-hybridized carbons (Fsp3) is 0.625. The second-order valence-electron chi connectivity index (χ2n) is 5.79. The van der Waals surface area contributed by atoms with Crippen molar-refractivity contribution in [2.75, 3.05) is 12.3 Å². The van der Waals surface area contributed by atoms with Crippen LogP contribution in [0.5, 0.6) is 0 Å². The highest BCUT2D eigenvalue weighted by Gasteiger charge is 2.35. The molecule has 0 saturated heterocycles. The first-order valence-corrected chi connectivity index (χ1v) is 8.29. The molecule has 0 spiro atoms. The third kappa shape index (κ3) is 2.10. The standard InChI is InChI=1S/C16H23NS/c17-12-16(9-2-1-3-10-16)14-8-4-6-13-7-5-11-18-15(13)14/h4,6,8H,1-3,5,7,9-12,17H2. The van der Waals surface area contributed by atoms with E-state index < -0.39 is 0 Å². The number of thioether (sulfide) groups is 1. The van der Waals surface area contributed by atoms with Crippen LogP contribution in [-0.2, 0) is 11.8 Å². The number of hydrogen-bond donors (Lipinski definition) is 1. The maximum absolute atomic E-state index is 6.19. The van der Waals surface area contributed by atoms with Crippen LogP contribution in [0, 0.1) is 0 Å². The molecule has 0 bridgehead atoms. The molecular weight excluding hydrogens is 238 g/mol. The van der Waals surface area contributed by atoms with Crippen molar-refractivity contribution in [2.24, 2.45) is 5.73 Å². The Balaban J connectivity index is 2.04. The maximum Gasteiger partial charge on any atom is 0.0142 e. The van der Waals surface area contributed by atoms with E-state index in [4.69, 9.17) is 5.73 Å². The van der Waals surface area contributed by atoms with E-state index in [1.807, 2.05) is 0 Å². The summed E-state index contributed by atoms with van der Waals surface area (Å²) in [6.07, 6.45) is 9.27. The summed E-state index contributed by atoms with van der Waals surface area (Å²) in [7, 11) is 0. The van der Waals surface area contributed by atoms with E-state index in [1.54, 1.807) is 16.0 Å². The van der Waals surface area contributed by atoms with Gasteiger partial charge >= 0.3 is 0 Å². The Hall–Kier alpha value is -0.470. The van der Waals surface area contributed by atoms with Crippen molar-refractivity contribution >= 4 is 11.8 Å². The van der Waals surface area contributed by atoms with Crippen LogP contribution in [0.25, 0.3) is 0 Å². The quantitative estimate of drug-likeness (QED) is 0.874. The van der Waals surface area contributed by atoms with Crippen molar-refractivity contribution in [3.63, 3.8) is 0 Å². The predicted octanol–water partition coefficient (Wildman–Crippen LogP) is 3.89. The molecule has 1 aliphatic heterocycles. The Morgan fingerprint density at radius 2 is 1.94 bits per heavy atom. The lowest BCUT2D eigenvalue weighted by atomic mass is 9.69. The molecule has 1 aliphatic carbocycles. The molecule has 1 aromatic carbocycles. The zero-order valence-electron chi connectivity index (χ0n) is 11.1. The minimum Gasteiger partial charge on any atom is -0.330 e. The number of fused-ring (bicyclic) bond motifs is 1. The lowest BCUT2D eigenvalue weighted by Gasteiger charge is -2.39. The van der Waals surface area contributed by atoms with E-state index in [1.165, 1.54) is 50.7 Å². The maximum atomic E-state index is 6.19. The molecule has 0 atom stereocenters. The highest BCUT2D eigenvalue weighted by atomic mass is 32.2. The Labute approximate surface area is 115 Å². The number of aryl methyl sites for hydroxylation is 1. The van der Waals surface area contributed by atoms with Crippen molar-refractivity contribution in [1.82, 2.24) is 0 Å². The largest absolute Gasteiger partial charge is 0.330 e. The SMILES string of the molecule is NCC1(c2cccc3c2SCCC3)CCCCC1. The van der Waals surface area contributed by atoms with E-state index in [9.17, 15) is 0 Å². The number of hydrogen-bond acceptors (Lipinski definition) is 2. The molecule has 1 heterocycles. The fourth-order valence-corrected chi connectivity index (χ4v) is 4.91. The molecule has 2 N–H and O–H groups in total. The topological polar surface area (TPSA) is 26.0 Å². The lowest BCUT2D eigenvalue weighted by molar-refractivity contribution is 0.296. The minimum atomic E-state index is 0.286. The molecule has 0 aromatic heterocycles. The Bertz CT molecular complexity index is 421. The van der Waals surface area contributed by atoms with Crippen molar-refractivity contribution in [1.29, 1.82) is 0 Å². The zero-order valence-corrected chi connectivity index (χ0v) is 11.9. The third-order valence-electron chi connectivity index (χ3n) is 4.71. The van der Waals surface area contributed by atoms with Gasteiger partial charge in [-0.05, 0) is 42.6 Å². The molecule has 3 rings (SSSR count). The van der Waals surface area contributed by atoms with Crippen LogP contribution in [0.1, 0.15) is 49.7 Å². The minimum absolute atomic E-state index is 0.286. The third-order valence-corrected chi connectivity index (χ3v) is 5.97. The summed E-state index contributed by atoms with van der Waals surface area (Å²) in [5.41, 5.74) is 9.63. The predicted molar refractivity (Wildman–Crippen MR) is 79.3 cm³/mol. The van der Waals surface area contributed by atoms with E-state index in [0.29, 0.717) is 0 Å². The molecule has 0 amide bonds. The number of rotatable bonds is 2. The number of nitrogens with two attached hydrogens (primary N) is 1. The van der Waals surface area contributed by atoms with Crippen LogP contribution >= 0.6 is 11.8 Å². The molecular formula is C16H23NS. The van der Waals surface area contributed by atoms with Gasteiger partial charge in [-0.2, -0.15) is 0 Å². The van der Waals surface area contributed by atoms with Gasteiger partial charge in [-0.1, -0.05) is 37.5 Å². The molecule has 0 radical (unpaired) electrons. The normalized spacial score (nSPS) is 22.5. The number of benzene rings is 1. The fourth-order valence-electron chi connectivity index (χ4n) is 3.62. The highest BCUT2D eigenvalue weighted by molar-refractivity contribution is 7.99. The van der Waals surface area contributed by atoms with Crippen LogP contribution in [0.4, 0.5) is 0 Å². The van der Waals surface area contributed by atoms with E-state index in [-0.39, 0.29) is 5.41 Å². The molecule has 98 valence electrons. The summed E-state index contributed by atoms with van der Waals surface area (Å²) in [4.78, 5) is 1.58. The Morgan fingerprint density at radius 3 is 2.72 bits per heavy atom. The molecule has 1 nitrogen and oxygen atoms in total. The van der Waals surface area contributed by atoms with Gasteiger partial charge in [-0.3, -0.25) is 0 Å². The molecule has 18 heavy (non-hydrogen) atoms. The highest BCUT2D eigenvalue weighted by Crippen LogP contribution is 2.45. The Morgan fingerprint density at radius 1 is 1.11 bits per heavy atom. The summed E-state index contributed by atoms with van der Waals surface area (Å²) < 4.78 is 0. The van der Waals surface area contributed by atoms with Gasteiger partial charge in [0.05, 0.1) is 0 Å². The van der Waals surface area contributed by atoms with Gasteiger partial charge in [0.25, 0.3) is 0 Å². The summed E-state index contributed by atoms with van der Waals surface area (Å²) in [5.74, 6) is 1.28. The van der Waals surface area contributed by atoms with Crippen molar-refractivity contribution < 1.29 is 0 Å². The van der Waals surface area contributed by atoms with Crippen LogP contribution in [0.2, 0.25) is 0 Å². The van der Waals surface area contributed by atoms with Crippen molar-refractivity contribution in [3.05, 3.63) is 29.3 Å². The van der Waals surface area contributed by atoms with Crippen LogP contribution < -0.4 is 5.73 Å². The lowest BCUT2D eigenvalue weighted by Crippen LogP contribution is -2.38. The molecule has 1 aromatic rings. The van der Waals surface area contributed by atoms with Gasteiger partial charge < -0.3 is 5.73 Å². The van der Waals surface area contributed by atoms with Crippen LogP contribution in [-0.4, -0.2) is 12.3 Å². The first-order chi connectivity index (χ1) is 8.86. The monoisotopic (exact) mass is 261 g/mol. The molecule has 2 heteroatoms. The van der Waals surface area contributed by atoms with E-state index in [0.717, 1.165) is 6.54 Å². The smallest absolute Gasteiger partial charge is 0.0142 e. The van der Waals surface area contributed by atoms with Crippen molar-refractivity contribution in [3.8, 4) is 0 Å². The second kappa shape index (κ2) is 5.26. The van der Waals surface area contributed by atoms with Gasteiger partial charge in [0.2, 0.25) is 0 Å². The van der Waals surface area contributed by atoms with Crippen LogP contribution in [0.3, 0.4) is 0 Å².